The highest BCUT2D eigenvalue weighted by Gasteiger charge is 2.37. The summed E-state index contributed by atoms with van der Waals surface area (Å²) in [4.78, 5) is 43.8. The Kier molecular flexibility index (Phi) is 7.04. The van der Waals surface area contributed by atoms with Crippen molar-refractivity contribution in [2.75, 3.05) is 36.4 Å². The molecule has 13 heteroatoms. The van der Waals surface area contributed by atoms with Crippen LogP contribution in [-0.2, 0) is 4.79 Å². The zero-order valence-electron chi connectivity index (χ0n) is 23.7. The van der Waals surface area contributed by atoms with Gasteiger partial charge in [-0.3, -0.25) is 9.78 Å². The van der Waals surface area contributed by atoms with Crippen LogP contribution in [0.4, 0.5) is 20.3 Å². The molecule has 1 amide bonds. The minimum atomic E-state index is -1.34. The molecule has 1 unspecified atom stereocenters. The summed E-state index contributed by atoms with van der Waals surface area (Å²) in [5.41, 5.74) is 0.670. The highest BCUT2D eigenvalue weighted by Crippen LogP contribution is 2.46. The zero-order chi connectivity index (χ0) is 30.7. The molecular formula is C30H28ClF2N7O3. The molecule has 5 heterocycles. The number of carbonyl (C=O) groups is 1. The first kappa shape index (κ1) is 28.5. The molecule has 2 aliphatic heterocycles. The summed E-state index contributed by atoms with van der Waals surface area (Å²) in [6.07, 6.45) is 2.90. The molecule has 43 heavy (non-hydrogen) atoms. The predicted octanol–water partition coefficient (Wildman–Crippen LogP) is 4.54. The smallest absolute Gasteiger partial charge is 0.355 e. The minimum absolute atomic E-state index is 0.0724. The van der Waals surface area contributed by atoms with E-state index in [9.17, 15) is 19.1 Å². The van der Waals surface area contributed by atoms with Gasteiger partial charge in [-0.1, -0.05) is 32.0 Å². The Balaban J connectivity index is 1.72. The maximum absolute atomic E-state index is 15.3. The van der Waals surface area contributed by atoms with Crippen molar-refractivity contribution in [2.45, 2.75) is 32.7 Å². The lowest BCUT2D eigenvalue weighted by Crippen LogP contribution is -2.57. The summed E-state index contributed by atoms with van der Waals surface area (Å²) < 4.78 is 31.0. The number of nitrogens with zero attached hydrogens (tertiary/aromatic N) is 6. The maximum Gasteiger partial charge on any atom is 0.355 e. The number of rotatable bonds is 4. The molecule has 1 aromatic carbocycles. The molecule has 0 saturated carbocycles. The second-order valence-corrected chi connectivity index (χ2v) is 11.3. The van der Waals surface area contributed by atoms with Crippen molar-refractivity contribution in [3.05, 3.63) is 75.4 Å². The Morgan fingerprint density at radius 3 is 2.72 bits per heavy atom. The van der Waals surface area contributed by atoms with Gasteiger partial charge in [0.2, 0.25) is 5.91 Å². The van der Waals surface area contributed by atoms with Crippen molar-refractivity contribution in [1.82, 2.24) is 24.4 Å². The Labute approximate surface area is 250 Å². The average Bonchev–Trinajstić information content (AvgIpc) is 3.14. The van der Waals surface area contributed by atoms with Crippen LogP contribution in [0, 0.1) is 18.6 Å². The summed E-state index contributed by atoms with van der Waals surface area (Å²) in [6.45, 7) is 10.6. The maximum atomic E-state index is 15.3. The summed E-state index contributed by atoms with van der Waals surface area (Å²) in [6, 6.07) is 3.25. The standard InChI is InChI=1S/C30H28ClF2N7O3/c1-5-19(42)38-10-11-39-16(13-38)12-35-25-21-28(39)37-30(43)40(27-15(4)8-9-34-24(27)14(2)3)29(21)36-26(22(25)31)20-18(41)7-6-17(32)23(20)33/h5-9,14,16,35,41H,1,10-13H2,2-4H3. The Morgan fingerprint density at radius 2 is 2.00 bits per heavy atom. The molecule has 1 saturated heterocycles. The number of anilines is 2. The first-order chi connectivity index (χ1) is 20.5. The number of piperazine rings is 1. The number of nitrogens with one attached hydrogen (secondary N) is 1. The molecule has 2 aliphatic rings. The summed E-state index contributed by atoms with van der Waals surface area (Å²) in [7, 11) is 0. The number of fused-ring (bicyclic) bond motifs is 2. The number of hydrogen-bond donors (Lipinski definition) is 2. The van der Waals surface area contributed by atoms with Crippen molar-refractivity contribution in [3.8, 4) is 22.7 Å². The van der Waals surface area contributed by atoms with Gasteiger partial charge < -0.3 is 20.2 Å². The number of carbonyl (C=O) groups excluding carboxylic acids is 1. The first-order valence-electron chi connectivity index (χ1n) is 13.7. The highest BCUT2D eigenvalue weighted by molar-refractivity contribution is 6.37. The zero-order valence-corrected chi connectivity index (χ0v) is 24.4. The van der Waals surface area contributed by atoms with E-state index in [-0.39, 0.29) is 46.5 Å². The third kappa shape index (κ3) is 4.48. The Bertz CT molecular complexity index is 1890. The number of aryl methyl sites for hydroxylation is 1. The lowest BCUT2D eigenvalue weighted by Gasteiger charge is -2.41. The molecule has 0 bridgehead atoms. The molecule has 2 N–H and O–H groups in total. The van der Waals surface area contributed by atoms with Crippen molar-refractivity contribution < 1.29 is 18.7 Å². The fourth-order valence-corrected chi connectivity index (χ4v) is 6.16. The van der Waals surface area contributed by atoms with Gasteiger partial charge in [-0.15, -0.1) is 0 Å². The number of amides is 1. The van der Waals surface area contributed by atoms with Crippen LogP contribution in [0.15, 0.2) is 41.8 Å². The molecular weight excluding hydrogens is 580 g/mol. The molecule has 3 aromatic heterocycles. The fraction of sp³-hybridized carbons (Fsp3) is 0.300. The van der Waals surface area contributed by atoms with E-state index in [0.717, 1.165) is 12.1 Å². The van der Waals surface area contributed by atoms with Crippen LogP contribution in [0.1, 0.15) is 31.0 Å². The van der Waals surface area contributed by atoms with Gasteiger partial charge in [0.05, 0.1) is 39.1 Å². The fourth-order valence-electron chi connectivity index (χ4n) is 5.86. The van der Waals surface area contributed by atoms with Gasteiger partial charge in [-0.25, -0.2) is 23.1 Å². The third-order valence-corrected chi connectivity index (χ3v) is 8.30. The number of benzene rings is 1. The molecule has 10 nitrogen and oxygen atoms in total. The summed E-state index contributed by atoms with van der Waals surface area (Å²) in [5, 5.41) is 14.3. The van der Waals surface area contributed by atoms with Crippen LogP contribution in [0.3, 0.4) is 0 Å². The normalized spacial score (nSPS) is 16.2. The van der Waals surface area contributed by atoms with E-state index in [4.69, 9.17) is 11.6 Å². The largest absolute Gasteiger partial charge is 0.507 e. The first-order valence-corrected chi connectivity index (χ1v) is 14.1. The van der Waals surface area contributed by atoms with Gasteiger partial charge in [-0.05, 0) is 42.7 Å². The number of hydrogen-bond acceptors (Lipinski definition) is 8. The average molecular weight is 608 g/mol. The van der Waals surface area contributed by atoms with Gasteiger partial charge in [0, 0.05) is 32.4 Å². The lowest BCUT2D eigenvalue weighted by molar-refractivity contribution is -0.126. The van der Waals surface area contributed by atoms with Gasteiger partial charge in [-0.2, -0.15) is 4.98 Å². The molecule has 6 rings (SSSR count). The molecule has 0 radical (unpaired) electrons. The van der Waals surface area contributed by atoms with Gasteiger partial charge in [0.25, 0.3) is 0 Å². The molecule has 1 fully saturated rings. The van der Waals surface area contributed by atoms with E-state index in [1.807, 2.05) is 25.7 Å². The third-order valence-electron chi connectivity index (χ3n) is 7.94. The molecule has 0 aliphatic carbocycles. The van der Waals surface area contributed by atoms with E-state index in [0.29, 0.717) is 47.8 Å². The van der Waals surface area contributed by atoms with Crippen molar-refractivity contribution in [2.24, 2.45) is 0 Å². The lowest BCUT2D eigenvalue weighted by atomic mass is 10.0. The second-order valence-electron chi connectivity index (χ2n) is 10.9. The Hall–Kier alpha value is -4.58. The molecule has 0 spiro atoms. The number of aromatic hydroxyl groups is 1. The number of phenols is 1. The molecule has 222 valence electrons. The summed E-state index contributed by atoms with van der Waals surface area (Å²) >= 11 is 6.90. The number of halogens is 3. The van der Waals surface area contributed by atoms with Gasteiger partial charge in [0.15, 0.2) is 17.3 Å². The van der Waals surface area contributed by atoms with Crippen molar-refractivity contribution in [1.29, 1.82) is 0 Å². The topological polar surface area (TPSA) is 116 Å². The highest BCUT2D eigenvalue weighted by atomic mass is 35.5. The van der Waals surface area contributed by atoms with Crippen LogP contribution < -0.4 is 15.9 Å². The van der Waals surface area contributed by atoms with Crippen LogP contribution >= 0.6 is 11.6 Å². The van der Waals surface area contributed by atoms with Gasteiger partial charge >= 0.3 is 5.69 Å². The Morgan fingerprint density at radius 1 is 1.23 bits per heavy atom. The van der Waals surface area contributed by atoms with E-state index in [1.165, 1.54) is 10.6 Å². The minimum Gasteiger partial charge on any atom is -0.507 e. The van der Waals surface area contributed by atoms with Crippen LogP contribution in [0.25, 0.3) is 28.0 Å². The number of phenolic OH excluding ortho intramolecular Hbond substituents is 1. The van der Waals surface area contributed by atoms with Crippen LogP contribution in [0.2, 0.25) is 5.02 Å². The van der Waals surface area contributed by atoms with E-state index < -0.39 is 28.6 Å². The van der Waals surface area contributed by atoms with E-state index in [2.05, 4.69) is 26.8 Å². The molecule has 4 aromatic rings. The molecule has 1 atom stereocenters. The summed E-state index contributed by atoms with van der Waals surface area (Å²) in [5.74, 6) is -3.14. The number of aromatic nitrogens is 4. The predicted molar refractivity (Wildman–Crippen MR) is 160 cm³/mol. The van der Waals surface area contributed by atoms with Crippen molar-refractivity contribution in [3.63, 3.8) is 0 Å². The number of pyridine rings is 2. The quantitative estimate of drug-likeness (QED) is 0.325. The van der Waals surface area contributed by atoms with Crippen molar-refractivity contribution >= 4 is 40.0 Å². The van der Waals surface area contributed by atoms with E-state index >= 15 is 4.39 Å². The van der Waals surface area contributed by atoms with E-state index in [1.54, 1.807) is 17.2 Å². The van der Waals surface area contributed by atoms with Crippen LogP contribution in [0.5, 0.6) is 5.75 Å². The van der Waals surface area contributed by atoms with Gasteiger partial charge in [0.1, 0.15) is 17.3 Å². The second kappa shape index (κ2) is 10.6. The monoisotopic (exact) mass is 607 g/mol. The SMILES string of the molecule is C=CC(=O)N1CCN2c3nc(=O)n(-c4c(C)ccnc4C(C)C)c4nc(-c5c(O)ccc(F)c5F)c(Cl)c(c34)NCC2C1. The van der Waals surface area contributed by atoms with Crippen LogP contribution in [-0.4, -0.2) is 67.7 Å².